The standard InChI is InChI=1S/C27H23F3N6O2S/c1-2-9-38-13-34-7-8-35-14(12-34)5-6-36-23-16(27(35)37)10-19(29)21(22(23)25(30)33-36)15-3-4-18(28)24-20(15)17(11-31)26(32)39-24/h2-4,10,14H,1,5-9,12-13,32H2/t14-/m0/s1. The molecule has 39 heavy (non-hydrogen) atoms. The van der Waals surface area contributed by atoms with Gasteiger partial charge in [0.25, 0.3) is 5.91 Å². The quantitative estimate of drug-likeness (QED) is 0.290. The second kappa shape index (κ2) is 9.68. The van der Waals surface area contributed by atoms with Gasteiger partial charge >= 0.3 is 0 Å². The van der Waals surface area contributed by atoms with E-state index in [4.69, 9.17) is 10.5 Å². The van der Waals surface area contributed by atoms with E-state index in [1.807, 2.05) is 6.07 Å². The number of halogens is 3. The fourth-order valence-electron chi connectivity index (χ4n) is 5.65. The highest BCUT2D eigenvalue weighted by atomic mass is 32.1. The number of nitrogen functional groups attached to an aromatic ring is 1. The van der Waals surface area contributed by atoms with E-state index in [0.29, 0.717) is 45.9 Å². The highest BCUT2D eigenvalue weighted by Gasteiger charge is 2.36. The minimum Gasteiger partial charge on any atom is -0.389 e. The van der Waals surface area contributed by atoms with Crippen LogP contribution in [0.25, 0.3) is 32.1 Å². The van der Waals surface area contributed by atoms with Crippen LogP contribution < -0.4 is 5.73 Å². The predicted molar refractivity (Wildman–Crippen MR) is 142 cm³/mol. The monoisotopic (exact) mass is 552 g/mol. The average Bonchev–Trinajstić information content (AvgIpc) is 3.43. The normalized spacial score (nSPS) is 17.7. The van der Waals surface area contributed by atoms with Crippen LogP contribution in [0.3, 0.4) is 0 Å². The van der Waals surface area contributed by atoms with Crippen LogP contribution in [0.5, 0.6) is 0 Å². The molecule has 12 heteroatoms. The first-order chi connectivity index (χ1) is 18.8. The highest BCUT2D eigenvalue weighted by Crippen LogP contribution is 2.45. The molecule has 2 aromatic heterocycles. The molecular weight excluding hydrogens is 529 g/mol. The lowest BCUT2D eigenvalue weighted by Crippen LogP contribution is -2.56. The summed E-state index contributed by atoms with van der Waals surface area (Å²) < 4.78 is 53.2. The van der Waals surface area contributed by atoms with Crippen LogP contribution in [0, 0.1) is 28.9 Å². The minimum absolute atomic E-state index is 0.00685. The Hall–Kier alpha value is -3.92. The number of aryl methyl sites for hydroxylation is 1. The topological polar surface area (TPSA) is 100 Å². The van der Waals surface area contributed by atoms with Crippen molar-refractivity contribution in [2.24, 2.45) is 0 Å². The third kappa shape index (κ3) is 3.96. The summed E-state index contributed by atoms with van der Waals surface area (Å²) in [6, 6.07) is 5.29. The number of hydrogen-bond acceptors (Lipinski definition) is 7. The maximum Gasteiger partial charge on any atom is 0.256 e. The smallest absolute Gasteiger partial charge is 0.256 e. The van der Waals surface area contributed by atoms with Gasteiger partial charge in [-0.25, -0.2) is 8.78 Å². The SMILES string of the molecule is C=CCOCN1CCN2C(=O)c3cc(F)c(-c4ccc(F)c5sc(N)c(C#N)c45)c4c(F)nn(c34)CC[C@H]2C1. The van der Waals surface area contributed by atoms with Gasteiger partial charge in [0, 0.05) is 43.2 Å². The molecule has 0 bridgehead atoms. The molecule has 6 rings (SSSR count). The lowest BCUT2D eigenvalue weighted by molar-refractivity contribution is -0.00846. The van der Waals surface area contributed by atoms with Crippen molar-refractivity contribution in [2.45, 2.75) is 19.0 Å². The summed E-state index contributed by atoms with van der Waals surface area (Å²) in [6.07, 6.45) is 2.17. The molecular formula is C27H23F3N6O2S. The molecule has 8 nitrogen and oxygen atoms in total. The minimum atomic E-state index is -0.952. The van der Waals surface area contributed by atoms with Crippen LogP contribution in [-0.2, 0) is 11.3 Å². The Labute approximate surface area is 225 Å². The van der Waals surface area contributed by atoms with Gasteiger partial charge in [-0.2, -0.15) is 9.65 Å². The van der Waals surface area contributed by atoms with Gasteiger partial charge in [0.15, 0.2) is 0 Å². The van der Waals surface area contributed by atoms with E-state index in [1.54, 1.807) is 11.0 Å². The number of piperazine rings is 1. The van der Waals surface area contributed by atoms with Gasteiger partial charge in [-0.1, -0.05) is 12.1 Å². The molecule has 4 aromatic rings. The average molecular weight is 553 g/mol. The number of rotatable bonds is 5. The number of thiophene rings is 1. The Balaban J connectivity index is 1.50. The second-order valence-electron chi connectivity index (χ2n) is 9.58. The number of nitriles is 1. The van der Waals surface area contributed by atoms with Gasteiger partial charge in [0.2, 0.25) is 5.95 Å². The van der Waals surface area contributed by atoms with Crippen molar-refractivity contribution < 1.29 is 22.7 Å². The van der Waals surface area contributed by atoms with Crippen LogP contribution >= 0.6 is 11.3 Å². The van der Waals surface area contributed by atoms with Gasteiger partial charge < -0.3 is 15.4 Å². The maximum absolute atomic E-state index is 16.0. The Morgan fingerprint density at radius 1 is 1.21 bits per heavy atom. The molecule has 0 aliphatic carbocycles. The molecule has 2 N–H and O–H groups in total. The van der Waals surface area contributed by atoms with Crippen molar-refractivity contribution in [1.29, 1.82) is 5.26 Å². The van der Waals surface area contributed by atoms with Crippen molar-refractivity contribution in [3.05, 3.63) is 59.6 Å². The molecule has 0 unspecified atom stereocenters. The molecule has 200 valence electrons. The summed E-state index contributed by atoms with van der Waals surface area (Å²) in [6.45, 7) is 6.27. The van der Waals surface area contributed by atoms with Gasteiger partial charge in [0.05, 0.1) is 40.1 Å². The van der Waals surface area contributed by atoms with Crippen molar-refractivity contribution >= 4 is 43.2 Å². The Morgan fingerprint density at radius 3 is 2.79 bits per heavy atom. The zero-order chi connectivity index (χ0) is 27.4. The summed E-state index contributed by atoms with van der Waals surface area (Å²) >= 11 is 0.868. The van der Waals surface area contributed by atoms with Crippen molar-refractivity contribution in [3.8, 4) is 17.2 Å². The number of aromatic nitrogens is 2. The van der Waals surface area contributed by atoms with Crippen LogP contribution in [-0.4, -0.2) is 64.5 Å². The number of benzene rings is 2. The van der Waals surface area contributed by atoms with E-state index in [-0.39, 0.29) is 54.3 Å². The third-order valence-electron chi connectivity index (χ3n) is 7.37. The first kappa shape index (κ1) is 25.4. The number of hydrogen-bond donors (Lipinski definition) is 1. The zero-order valence-corrected chi connectivity index (χ0v) is 21.5. The van der Waals surface area contributed by atoms with E-state index in [2.05, 4.69) is 16.6 Å². The number of nitrogens with zero attached hydrogens (tertiary/aromatic N) is 5. The zero-order valence-electron chi connectivity index (χ0n) is 20.7. The maximum atomic E-state index is 16.0. The summed E-state index contributed by atoms with van der Waals surface area (Å²) in [4.78, 5) is 17.6. The largest absolute Gasteiger partial charge is 0.389 e. The molecule has 1 saturated heterocycles. The van der Waals surface area contributed by atoms with E-state index >= 15 is 8.78 Å². The molecule has 4 heterocycles. The van der Waals surface area contributed by atoms with Crippen LogP contribution in [0.2, 0.25) is 0 Å². The number of carbonyl (C=O) groups excluding carboxylic acids is 1. The fraction of sp³-hybridized carbons (Fsp3) is 0.296. The van der Waals surface area contributed by atoms with E-state index < -0.39 is 23.5 Å². The van der Waals surface area contributed by atoms with Crippen LogP contribution in [0.4, 0.5) is 18.2 Å². The lowest BCUT2D eigenvalue weighted by atomic mass is 9.93. The van der Waals surface area contributed by atoms with E-state index in [9.17, 15) is 14.4 Å². The Morgan fingerprint density at radius 2 is 2.03 bits per heavy atom. The number of fused-ring (bicyclic) bond motifs is 2. The van der Waals surface area contributed by atoms with Gasteiger partial charge in [-0.15, -0.1) is 23.0 Å². The number of anilines is 1. The lowest BCUT2D eigenvalue weighted by Gasteiger charge is -2.42. The van der Waals surface area contributed by atoms with E-state index in [1.165, 1.54) is 10.7 Å². The number of ether oxygens (including phenoxy) is 1. The number of carbonyl (C=O) groups is 1. The Kier molecular flexibility index (Phi) is 6.29. The molecule has 1 amide bonds. The first-order valence-corrected chi connectivity index (χ1v) is 13.2. The Bertz CT molecular complexity index is 1710. The summed E-state index contributed by atoms with van der Waals surface area (Å²) in [7, 11) is 0. The molecule has 0 saturated carbocycles. The molecule has 0 spiro atoms. The number of amides is 1. The fourth-order valence-corrected chi connectivity index (χ4v) is 6.60. The number of nitrogens with two attached hydrogens (primary N) is 1. The molecule has 1 atom stereocenters. The van der Waals surface area contributed by atoms with Gasteiger partial charge in [-0.3, -0.25) is 14.4 Å². The first-order valence-electron chi connectivity index (χ1n) is 12.4. The molecule has 1 fully saturated rings. The van der Waals surface area contributed by atoms with Crippen molar-refractivity contribution in [1.82, 2.24) is 19.6 Å². The summed E-state index contributed by atoms with van der Waals surface area (Å²) in [5.74, 6) is -2.86. The molecule has 2 aromatic carbocycles. The highest BCUT2D eigenvalue weighted by molar-refractivity contribution is 7.23. The van der Waals surface area contributed by atoms with Gasteiger partial charge in [0.1, 0.15) is 22.7 Å². The predicted octanol–water partition coefficient (Wildman–Crippen LogP) is 4.48. The van der Waals surface area contributed by atoms with Crippen molar-refractivity contribution in [3.63, 3.8) is 0 Å². The van der Waals surface area contributed by atoms with Crippen LogP contribution in [0.15, 0.2) is 30.9 Å². The third-order valence-corrected chi connectivity index (χ3v) is 8.39. The van der Waals surface area contributed by atoms with Crippen LogP contribution in [0.1, 0.15) is 22.3 Å². The summed E-state index contributed by atoms with van der Waals surface area (Å²) in [5, 5.41) is 13.7. The molecule has 2 aliphatic heterocycles. The molecule has 0 radical (unpaired) electrons. The van der Waals surface area contributed by atoms with E-state index in [0.717, 1.165) is 23.5 Å². The summed E-state index contributed by atoms with van der Waals surface area (Å²) in [5.41, 5.74) is 6.05. The second-order valence-corrected chi connectivity index (χ2v) is 10.6. The molecule has 2 aliphatic rings. The van der Waals surface area contributed by atoms with Crippen molar-refractivity contribution in [2.75, 3.05) is 38.7 Å². The van der Waals surface area contributed by atoms with Gasteiger partial charge in [-0.05, 0) is 24.1 Å².